The van der Waals surface area contributed by atoms with Crippen molar-refractivity contribution in [2.45, 2.75) is 37.4 Å². The van der Waals surface area contributed by atoms with Crippen molar-refractivity contribution < 1.29 is 4.39 Å². The van der Waals surface area contributed by atoms with Gasteiger partial charge in [-0.3, -0.25) is 5.43 Å². The minimum atomic E-state index is -0.133. The van der Waals surface area contributed by atoms with Gasteiger partial charge in [0, 0.05) is 17.6 Å². The third-order valence-electron chi connectivity index (χ3n) is 4.03. The van der Waals surface area contributed by atoms with Crippen LogP contribution in [-0.2, 0) is 0 Å². The molecule has 92 valence electrons. The first kappa shape index (κ1) is 11.1. The number of benzene rings is 1. The van der Waals surface area contributed by atoms with E-state index in [1.165, 1.54) is 6.07 Å². The Labute approximate surface area is 101 Å². The highest BCUT2D eigenvalue weighted by Crippen LogP contribution is 2.38. The number of hydrogen-bond acceptors (Lipinski definition) is 3. The second-order valence-corrected chi connectivity index (χ2v) is 5.13. The van der Waals surface area contributed by atoms with E-state index in [1.807, 2.05) is 12.1 Å². The number of hydrazine groups is 1. The lowest BCUT2D eigenvalue weighted by Gasteiger charge is -2.31. The van der Waals surface area contributed by atoms with Crippen LogP contribution in [0.1, 0.15) is 30.9 Å². The highest BCUT2D eigenvalue weighted by molar-refractivity contribution is 5.24. The van der Waals surface area contributed by atoms with Gasteiger partial charge >= 0.3 is 0 Å². The van der Waals surface area contributed by atoms with Crippen LogP contribution in [0.15, 0.2) is 24.3 Å². The Hall–Kier alpha value is -0.970. The van der Waals surface area contributed by atoms with Crippen LogP contribution in [0.5, 0.6) is 0 Å². The number of hydrogen-bond donors (Lipinski definition) is 3. The highest BCUT2D eigenvalue weighted by Gasteiger charge is 2.40. The molecule has 0 spiro atoms. The van der Waals surface area contributed by atoms with Crippen LogP contribution in [0, 0.1) is 11.7 Å². The fraction of sp³-hybridized carbons (Fsp3) is 0.538. The van der Waals surface area contributed by atoms with Crippen LogP contribution in [0.3, 0.4) is 0 Å². The van der Waals surface area contributed by atoms with Crippen LogP contribution in [0.4, 0.5) is 4.39 Å². The summed E-state index contributed by atoms with van der Waals surface area (Å²) in [5.41, 5.74) is 13.3. The fourth-order valence-corrected chi connectivity index (χ4v) is 3.13. The standard InChI is InChI=1S/C13H18FN3/c14-11-4-2-1-3-9(11)13-10-7-8(15)5-6-12(10)16-17-13/h1-4,8,10,12-13,16-17H,5-7,15H2. The van der Waals surface area contributed by atoms with Gasteiger partial charge in [-0.2, -0.15) is 0 Å². The molecule has 2 aliphatic rings. The molecule has 0 aromatic heterocycles. The van der Waals surface area contributed by atoms with Crippen molar-refractivity contribution in [1.29, 1.82) is 0 Å². The average molecular weight is 235 g/mol. The predicted molar refractivity (Wildman–Crippen MR) is 64.5 cm³/mol. The zero-order chi connectivity index (χ0) is 11.8. The first-order valence-electron chi connectivity index (χ1n) is 6.27. The number of nitrogens with two attached hydrogens (primary N) is 1. The van der Waals surface area contributed by atoms with E-state index in [-0.39, 0.29) is 17.9 Å². The Morgan fingerprint density at radius 2 is 2.00 bits per heavy atom. The van der Waals surface area contributed by atoms with E-state index in [0.717, 1.165) is 24.8 Å². The Kier molecular flexibility index (Phi) is 2.86. The van der Waals surface area contributed by atoms with Crippen molar-refractivity contribution in [1.82, 2.24) is 10.9 Å². The van der Waals surface area contributed by atoms with Crippen molar-refractivity contribution in [3.63, 3.8) is 0 Å². The topological polar surface area (TPSA) is 50.1 Å². The largest absolute Gasteiger partial charge is 0.328 e. The number of halogens is 1. The van der Waals surface area contributed by atoms with Crippen molar-refractivity contribution in [3.05, 3.63) is 35.6 Å². The summed E-state index contributed by atoms with van der Waals surface area (Å²) in [5, 5.41) is 0. The van der Waals surface area contributed by atoms with Crippen molar-refractivity contribution in [2.75, 3.05) is 0 Å². The smallest absolute Gasteiger partial charge is 0.128 e. The van der Waals surface area contributed by atoms with Gasteiger partial charge in [-0.25, -0.2) is 9.82 Å². The van der Waals surface area contributed by atoms with E-state index < -0.39 is 0 Å². The van der Waals surface area contributed by atoms with E-state index >= 15 is 0 Å². The third-order valence-corrected chi connectivity index (χ3v) is 4.03. The van der Waals surface area contributed by atoms with Gasteiger partial charge in [0.05, 0.1) is 6.04 Å². The molecule has 1 saturated carbocycles. The molecule has 1 heterocycles. The lowest BCUT2D eigenvalue weighted by molar-refractivity contribution is 0.276. The maximum atomic E-state index is 13.8. The molecule has 2 fully saturated rings. The third kappa shape index (κ3) is 1.97. The molecule has 1 saturated heterocycles. The van der Waals surface area contributed by atoms with Gasteiger partial charge in [0.2, 0.25) is 0 Å². The Bertz CT molecular complexity index is 409. The van der Waals surface area contributed by atoms with Gasteiger partial charge in [0.1, 0.15) is 5.82 Å². The monoisotopic (exact) mass is 235 g/mol. The Balaban J connectivity index is 1.87. The first-order valence-corrected chi connectivity index (χ1v) is 6.27. The van der Waals surface area contributed by atoms with Crippen LogP contribution >= 0.6 is 0 Å². The molecular formula is C13H18FN3. The van der Waals surface area contributed by atoms with Crippen molar-refractivity contribution >= 4 is 0 Å². The van der Waals surface area contributed by atoms with Gasteiger partial charge in [0.15, 0.2) is 0 Å². The fourth-order valence-electron chi connectivity index (χ4n) is 3.13. The molecule has 4 N–H and O–H groups in total. The zero-order valence-corrected chi connectivity index (χ0v) is 9.70. The van der Waals surface area contributed by atoms with Crippen molar-refractivity contribution in [2.24, 2.45) is 11.7 Å². The minimum absolute atomic E-state index is 0.0487. The van der Waals surface area contributed by atoms with Gasteiger partial charge < -0.3 is 5.73 Å². The summed E-state index contributed by atoms with van der Waals surface area (Å²) < 4.78 is 13.8. The summed E-state index contributed by atoms with van der Waals surface area (Å²) in [7, 11) is 0. The lowest BCUT2D eigenvalue weighted by Crippen LogP contribution is -2.39. The van der Waals surface area contributed by atoms with Crippen LogP contribution < -0.4 is 16.6 Å². The predicted octanol–water partition coefficient (Wildman–Crippen LogP) is 1.47. The second-order valence-electron chi connectivity index (χ2n) is 5.13. The van der Waals surface area contributed by atoms with E-state index in [9.17, 15) is 4.39 Å². The van der Waals surface area contributed by atoms with Gasteiger partial charge in [0.25, 0.3) is 0 Å². The molecule has 0 bridgehead atoms. The Morgan fingerprint density at radius 3 is 2.82 bits per heavy atom. The molecule has 0 radical (unpaired) electrons. The van der Waals surface area contributed by atoms with Gasteiger partial charge in [-0.15, -0.1) is 0 Å². The molecule has 4 unspecified atom stereocenters. The molecule has 17 heavy (non-hydrogen) atoms. The SMILES string of the molecule is NC1CCC2NNC(c3ccccc3F)C2C1. The van der Waals surface area contributed by atoms with Gasteiger partial charge in [-0.05, 0) is 31.2 Å². The molecule has 3 rings (SSSR count). The summed E-state index contributed by atoms with van der Waals surface area (Å²) in [6.07, 6.45) is 3.09. The highest BCUT2D eigenvalue weighted by atomic mass is 19.1. The van der Waals surface area contributed by atoms with E-state index in [4.69, 9.17) is 5.73 Å². The van der Waals surface area contributed by atoms with Gasteiger partial charge in [-0.1, -0.05) is 18.2 Å². The lowest BCUT2D eigenvalue weighted by atomic mass is 9.77. The maximum Gasteiger partial charge on any atom is 0.128 e. The first-order chi connectivity index (χ1) is 8.25. The Morgan fingerprint density at radius 1 is 1.18 bits per heavy atom. The summed E-state index contributed by atoms with van der Waals surface area (Å²) >= 11 is 0. The van der Waals surface area contributed by atoms with Crippen LogP contribution in [0.25, 0.3) is 0 Å². The zero-order valence-electron chi connectivity index (χ0n) is 9.70. The molecule has 1 aliphatic heterocycles. The molecular weight excluding hydrogens is 217 g/mol. The average Bonchev–Trinajstić information content (AvgIpc) is 2.72. The molecule has 1 aliphatic carbocycles. The number of nitrogens with one attached hydrogen (secondary N) is 2. The summed E-state index contributed by atoms with van der Waals surface area (Å²) in [6.45, 7) is 0. The molecule has 4 heteroatoms. The summed E-state index contributed by atoms with van der Waals surface area (Å²) in [4.78, 5) is 0. The maximum absolute atomic E-state index is 13.8. The van der Waals surface area contributed by atoms with Crippen molar-refractivity contribution in [3.8, 4) is 0 Å². The number of fused-ring (bicyclic) bond motifs is 1. The molecule has 4 atom stereocenters. The van der Waals surface area contributed by atoms with E-state index in [2.05, 4.69) is 10.9 Å². The normalized spacial score (nSPS) is 36.8. The molecule has 0 amide bonds. The second kappa shape index (κ2) is 4.37. The quantitative estimate of drug-likeness (QED) is 0.691. The van der Waals surface area contributed by atoms with Crippen LogP contribution in [0.2, 0.25) is 0 Å². The number of rotatable bonds is 1. The minimum Gasteiger partial charge on any atom is -0.328 e. The van der Waals surface area contributed by atoms with Crippen LogP contribution in [-0.4, -0.2) is 12.1 Å². The van der Waals surface area contributed by atoms with E-state index in [1.54, 1.807) is 6.07 Å². The molecule has 3 nitrogen and oxygen atoms in total. The summed E-state index contributed by atoms with van der Waals surface area (Å²) in [6, 6.07) is 7.73. The molecule has 1 aromatic carbocycles. The summed E-state index contributed by atoms with van der Waals surface area (Å²) in [5.74, 6) is 0.266. The molecule has 1 aromatic rings. The van der Waals surface area contributed by atoms with E-state index in [0.29, 0.717) is 12.0 Å².